The summed E-state index contributed by atoms with van der Waals surface area (Å²) in [6.45, 7) is 10.2. The van der Waals surface area contributed by atoms with Gasteiger partial charge in [0.25, 0.3) is 8.32 Å². The number of carbonyl (C=O) groups excluding carboxylic acids is 1. The molecule has 2 aromatic rings. The Morgan fingerprint density at radius 2 is 1.42 bits per heavy atom. The molecule has 0 heterocycles. The molecule has 0 bridgehead atoms. The molecular formula is C25H36O5Si. The van der Waals surface area contributed by atoms with Crippen LogP contribution in [0.15, 0.2) is 60.7 Å². The van der Waals surface area contributed by atoms with Crippen molar-refractivity contribution in [2.75, 3.05) is 6.61 Å². The van der Waals surface area contributed by atoms with Gasteiger partial charge in [0, 0.05) is 0 Å². The van der Waals surface area contributed by atoms with E-state index in [1.165, 1.54) is 0 Å². The second kappa shape index (κ2) is 11.0. The van der Waals surface area contributed by atoms with Crippen LogP contribution in [0.4, 0.5) is 0 Å². The minimum Gasteiger partial charge on any atom is -0.464 e. The van der Waals surface area contributed by atoms with E-state index in [1.54, 1.807) is 6.92 Å². The molecule has 31 heavy (non-hydrogen) atoms. The van der Waals surface area contributed by atoms with Crippen LogP contribution in [0, 0.1) is 0 Å². The van der Waals surface area contributed by atoms with Gasteiger partial charge in [-0.3, -0.25) is 0 Å². The second-order valence-corrected chi connectivity index (χ2v) is 13.0. The molecule has 0 aliphatic rings. The summed E-state index contributed by atoms with van der Waals surface area (Å²) in [5.41, 5.74) is 0. The number of carbonyl (C=O) groups is 1. The van der Waals surface area contributed by atoms with Gasteiger partial charge in [-0.05, 0) is 28.8 Å². The predicted molar refractivity (Wildman–Crippen MR) is 126 cm³/mol. The van der Waals surface area contributed by atoms with Gasteiger partial charge in [-0.1, -0.05) is 94.8 Å². The predicted octanol–water partition coefficient (Wildman–Crippen LogP) is 3.02. The lowest BCUT2D eigenvalue weighted by molar-refractivity contribution is -0.163. The van der Waals surface area contributed by atoms with Gasteiger partial charge >= 0.3 is 5.97 Å². The van der Waals surface area contributed by atoms with Gasteiger partial charge in [-0.25, -0.2) is 4.79 Å². The molecule has 3 atom stereocenters. The van der Waals surface area contributed by atoms with E-state index in [2.05, 4.69) is 45.0 Å². The first-order chi connectivity index (χ1) is 14.7. The smallest absolute Gasteiger partial charge is 0.337 e. The van der Waals surface area contributed by atoms with Gasteiger partial charge in [0.15, 0.2) is 6.10 Å². The lowest BCUT2D eigenvalue weighted by atomic mass is 10.0. The lowest BCUT2D eigenvalue weighted by Crippen LogP contribution is -2.69. The highest BCUT2D eigenvalue weighted by Crippen LogP contribution is 2.38. The minimum atomic E-state index is -2.93. The molecule has 2 aromatic carbocycles. The van der Waals surface area contributed by atoms with Crippen molar-refractivity contribution in [2.24, 2.45) is 0 Å². The van der Waals surface area contributed by atoms with Crippen molar-refractivity contribution in [3.8, 4) is 0 Å². The number of ether oxygens (including phenoxy) is 1. The molecule has 0 fully saturated rings. The maximum Gasteiger partial charge on any atom is 0.337 e. The van der Waals surface area contributed by atoms with Crippen molar-refractivity contribution in [1.82, 2.24) is 0 Å². The first kappa shape index (κ1) is 25.3. The Balaban J connectivity index is 2.61. The Hall–Kier alpha value is -1.99. The molecule has 6 heteroatoms. The zero-order chi connectivity index (χ0) is 23.1. The average molecular weight is 445 g/mol. The third-order valence-corrected chi connectivity index (χ3v) is 10.6. The van der Waals surface area contributed by atoms with E-state index in [9.17, 15) is 15.0 Å². The zero-order valence-electron chi connectivity index (χ0n) is 19.2. The largest absolute Gasteiger partial charge is 0.464 e. The maximum absolute atomic E-state index is 12.1. The summed E-state index contributed by atoms with van der Waals surface area (Å²) < 4.78 is 11.9. The normalized spacial score (nSPS) is 15.2. The fourth-order valence-corrected chi connectivity index (χ4v) is 8.80. The van der Waals surface area contributed by atoms with Gasteiger partial charge in [0.1, 0.15) is 6.10 Å². The topological polar surface area (TPSA) is 76.0 Å². The Bertz CT molecular complexity index is 764. The molecule has 0 unspecified atom stereocenters. The summed E-state index contributed by atoms with van der Waals surface area (Å²) in [5, 5.41) is 23.3. The highest BCUT2D eigenvalue weighted by atomic mass is 28.4. The van der Waals surface area contributed by atoms with Crippen LogP contribution in [0.5, 0.6) is 0 Å². The molecule has 2 N–H and O–H groups in total. The van der Waals surface area contributed by atoms with Crippen molar-refractivity contribution in [3.63, 3.8) is 0 Å². The fraction of sp³-hybridized carbons (Fsp3) is 0.480. The van der Waals surface area contributed by atoms with Crippen LogP contribution in [0.25, 0.3) is 0 Å². The lowest BCUT2D eigenvalue weighted by Gasteiger charge is -2.46. The Morgan fingerprint density at radius 3 is 1.81 bits per heavy atom. The van der Waals surface area contributed by atoms with Crippen molar-refractivity contribution in [2.45, 2.75) is 70.8 Å². The molecule has 2 rings (SSSR count). The van der Waals surface area contributed by atoms with E-state index in [1.807, 2.05) is 43.3 Å². The first-order valence-electron chi connectivity index (χ1n) is 11.0. The zero-order valence-corrected chi connectivity index (χ0v) is 20.2. The molecule has 0 amide bonds. The van der Waals surface area contributed by atoms with E-state index >= 15 is 0 Å². The third-order valence-electron chi connectivity index (χ3n) is 5.55. The van der Waals surface area contributed by atoms with Gasteiger partial charge < -0.3 is 19.4 Å². The van der Waals surface area contributed by atoms with Crippen molar-refractivity contribution in [1.29, 1.82) is 0 Å². The van der Waals surface area contributed by atoms with Crippen LogP contribution in [-0.4, -0.2) is 49.4 Å². The Morgan fingerprint density at radius 1 is 0.935 bits per heavy atom. The number of hydrogen-bond acceptors (Lipinski definition) is 5. The molecule has 0 aromatic heterocycles. The summed E-state index contributed by atoms with van der Waals surface area (Å²) in [7, 11) is -2.93. The van der Waals surface area contributed by atoms with Crippen molar-refractivity contribution in [3.05, 3.63) is 60.7 Å². The highest BCUT2D eigenvalue weighted by Gasteiger charge is 2.52. The van der Waals surface area contributed by atoms with Gasteiger partial charge in [0.2, 0.25) is 0 Å². The molecule has 5 nitrogen and oxygen atoms in total. The molecule has 0 spiro atoms. The summed E-state index contributed by atoms with van der Waals surface area (Å²) in [5.74, 6) is -0.831. The van der Waals surface area contributed by atoms with E-state index in [0.717, 1.165) is 16.8 Å². The van der Waals surface area contributed by atoms with E-state index in [4.69, 9.17) is 9.16 Å². The van der Waals surface area contributed by atoms with Crippen LogP contribution in [-0.2, 0) is 14.0 Å². The van der Waals surface area contributed by atoms with Gasteiger partial charge in [0.05, 0.1) is 12.7 Å². The van der Waals surface area contributed by atoms with Crippen LogP contribution < -0.4 is 10.4 Å². The van der Waals surface area contributed by atoms with Crippen molar-refractivity contribution >= 4 is 24.7 Å². The molecule has 0 aliphatic heterocycles. The highest BCUT2D eigenvalue weighted by molar-refractivity contribution is 6.99. The van der Waals surface area contributed by atoms with Gasteiger partial charge in [-0.15, -0.1) is 0 Å². The van der Waals surface area contributed by atoms with Crippen LogP contribution in [0.1, 0.15) is 47.5 Å². The monoisotopic (exact) mass is 444 g/mol. The first-order valence-corrected chi connectivity index (χ1v) is 12.9. The summed E-state index contributed by atoms with van der Waals surface area (Å²) >= 11 is 0. The molecule has 0 radical (unpaired) electrons. The van der Waals surface area contributed by atoms with Crippen LogP contribution in [0.2, 0.25) is 5.04 Å². The standard InChI is InChI=1S/C25H36O5Si/c1-6-14-21(22(26)23(27)24(28)29-7-2)30-31(25(3,4)5,19-15-10-8-11-16-19)20-17-12-9-13-18-20/h8-13,15-18,21-23,26-27H,6-7,14H2,1-5H3/t21-,22-,23-/m1/s1. The number of aliphatic hydroxyl groups excluding tert-OH is 2. The fourth-order valence-electron chi connectivity index (χ4n) is 4.07. The van der Waals surface area contributed by atoms with Crippen molar-refractivity contribution < 1.29 is 24.2 Å². The molecule has 170 valence electrons. The third kappa shape index (κ3) is 5.63. The Kier molecular flexibility index (Phi) is 9.00. The number of benzene rings is 2. The molecule has 0 aliphatic carbocycles. The SMILES string of the molecule is CCC[C@@H](O[Si](c1ccccc1)(c1ccccc1)C(C)(C)C)[C@@H](O)[C@@H](O)C(=O)OCC. The van der Waals surface area contributed by atoms with E-state index in [-0.39, 0.29) is 11.6 Å². The van der Waals surface area contributed by atoms with Crippen LogP contribution in [0.3, 0.4) is 0 Å². The molecule has 0 saturated heterocycles. The second-order valence-electron chi connectivity index (χ2n) is 8.80. The quantitative estimate of drug-likeness (QED) is 0.435. The average Bonchev–Trinajstić information content (AvgIpc) is 2.76. The molecule has 0 saturated carbocycles. The number of hydrogen-bond donors (Lipinski definition) is 2. The minimum absolute atomic E-state index is 0.136. The number of aliphatic hydroxyl groups is 2. The number of esters is 1. The summed E-state index contributed by atoms with van der Waals surface area (Å²) in [6, 6.07) is 20.2. The van der Waals surface area contributed by atoms with E-state index < -0.39 is 32.6 Å². The molecular weight excluding hydrogens is 408 g/mol. The van der Waals surface area contributed by atoms with Gasteiger partial charge in [-0.2, -0.15) is 0 Å². The van der Waals surface area contributed by atoms with E-state index in [0.29, 0.717) is 6.42 Å². The number of rotatable bonds is 10. The maximum atomic E-state index is 12.1. The van der Waals surface area contributed by atoms with Crippen LogP contribution >= 0.6 is 0 Å². The Labute approximate surface area is 187 Å². The summed E-state index contributed by atoms with van der Waals surface area (Å²) in [6.07, 6.45) is -2.54. The summed E-state index contributed by atoms with van der Waals surface area (Å²) in [4.78, 5) is 12.1.